The molecule has 1 aliphatic rings. The monoisotopic (exact) mass is 329 g/mol. The average molecular weight is 329 g/mol. The highest BCUT2D eigenvalue weighted by Crippen LogP contribution is 2.18. The molecular formula is C17H19N3O2S. The first-order valence-corrected chi connectivity index (χ1v) is 8.42. The minimum absolute atomic E-state index is 0.0157. The van der Waals surface area contributed by atoms with Crippen molar-refractivity contribution in [2.75, 3.05) is 31.9 Å². The number of anilines is 1. The van der Waals surface area contributed by atoms with Crippen LogP contribution in [0.25, 0.3) is 0 Å². The molecule has 1 saturated heterocycles. The quantitative estimate of drug-likeness (QED) is 0.859. The Morgan fingerprint density at radius 2 is 1.70 bits per heavy atom. The van der Waals surface area contributed by atoms with Crippen molar-refractivity contribution in [2.24, 2.45) is 0 Å². The average Bonchev–Trinajstić information content (AvgIpc) is 3.10. The lowest BCUT2D eigenvalue weighted by Gasteiger charge is -2.34. The fourth-order valence-corrected chi connectivity index (χ4v) is 3.40. The van der Waals surface area contributed by atoms with Gasteiger partial charge in [-0.1, -0.05) is 12.1 Å². The van der Waals surface area contributed by atoms with Crippen molar-refractivity contribution in [1.82, 2.24) is 9.80 Å². The molecule has 2 amide bonds. The van der Waals surface area contributed by atoms with Gasteiger partial charge in [-0.3, -0.25) is 9.59 Å². The number of carbonyl (C=O) groups is 2. The first kappa shape index (κ1) is 15.6. The second-order valence-corrected chi connectivity index (χ2v) is 6.58. The summed E-state index contributed by atoms with van der Waals surface area (Å²) in [6.07, 6.45) is 0. The zero-order chi connectivity index (χ0) is 16.4. The molecule has 0 bridgehead atoms. The summed E-state index contributed by atoms with van der Waals surface area (Å²) in [5.41, 5.74) is 7.94. The normalized spacial score (nSPS) is 14.8. The van der Waals surface area contributed by atoms with Crippen LogP contribution in [0.2, 0.25) is 0 Å². The van der Waals surface area contributed by atoms with Crippen LogP contribution >= 0.6 is 11.3 Å². The van der Waals surface area contributed by atoms with Gasteiger partial charge in [0.2, 0.25) is 0 Å². The molecular weight excluding hydrogens is 310 g/mol. The van der Waals surface area contributed by atoms with E-state index in [-0.39, 0.29) is 11.8 Å². The molecule has 5 nitrogen and oxygen atoms in total. The molecule has 0 spiro atoms. The SMILES string of the molecule is Cc1ccc(N)cc1C(=O)N1CCN(C(=O)c2cccs2)CC1. The van der Waals surface area contributed by atoms with Crippen LogP contribution < -0.4 is 5.73 Å². The highest BCUT2D eigenvalue weighted by atomic mass is 32.1. The third kappa shape index (κ3) is 3.22. The Labute approximate surface area is 139 Å². The lowest BCUT2D eigenvalue weighted by Crippen LogP contribution is -2.50. The van der Waals surface area contributed by atoms with Crippen LogP contribution in [0.5, 0.6) is 0 Å². The highest BCUT2D eigenvalue weighted by molar-refractivity contribution is 7.12. The Hall–Kier alpha value is -2.34. The third-order valence-electron chi connectivity index (χ3n) is 4.08. The lowest BCUT2D eigenvalue weighted by atomic mass is 10.1. The molecule has 1 aromatic carbocycles. The number of benzene rings is 1. The molecule has 1 aromatic heterocycles. The maximum absolute atomic E-state index is 12.6. The van der Waals surface area contributed by atoms with Crippen LogP contribution in [0.3, 0.4) is 0 Å². The Morgan fingerprint density at radius 1 is 1.04 bits per heavy atom. The largest absolute Gasteiger partial charge is 0.399 e. The van der Waals surface area contributed by atoms with E-state index in [1.54, 1.807) is 17.0 Å². The molecule has 6 heteroatoms. The fraction of sp³-hybridized carbons (Fsp3) is 0.294. The molecule has 0 atom stereocenters. The Balaban J connectivity index is 1.66. The number of nitrogens with two attached hydrogens (primary N) is 1. The Kier molecular flexibility index (Phi) is 4.34. The molecule has 23 heavy (non-hydrogen) atoms. The minimum Gasteiger partial charge on any atom is -0.399 e. The van der Waals surface area contributed by atoms with Gasteiger partial charge in [0, 0.05) is 37.4 Å². The number of aryl methyl sites for hydroxylation is 1. The van der Waals surface area contributed by atoms with Crippen molar-refractivity contribution in [3.63, 3.8) is 0 Å². The number of carbonyl (C=O) groups excluding carboxylic acids is 2. The van der Waals surface area contributed by atoms with Crippen LogP contribution in [0.4, 0.5) is 5.69 Å². The topological polar surface area (TPSA) is 66.6 Å². The van der Waals surface area contributed by atoms with Gasteiger partial charge in [-0.2, -0.15) is 0 Å². The van der Waals surface area contributed by atoms with Gasteiger partial charge < -0.3 is 15.5 Å². The van der Waals surface area contributed by atoms with E-state index in [1.807, 2.05) is 35.4 Å². The Bertz CT molecular complexity index is 719. The standard InChI is InChI=1S/C17H19N3O2S/c1-12-4-5-13(18)11-14(12)16(21)19-6-8-20(9-7-19)17(22)15-3-2-10-23-15/h2-5,10-11H,6-9,18H2,1H3. The lowest BCUT2D eigenvalue weighted by molar-refractivity contribution is 0.0537. The van der Waals surface area contributed by atoms with Crippen LogP contribution in [-0.2, 0) is 0 Å². The van der Waals surface area contributed by atoms with Gasteiger partial charge in [-0.25, -0.2) is 0 Å². The van der Waals surface area contributed by atoms with Gasteiger partial charge in [-0.15, -0.1) is 11.3 Å². The molecule has 0 saturated carbocycles. The predicted molar refractivity (Wildman–Crippen MR) is 91.7 cm³/mol. The van der Waals surface area contributed by atoms with Crippen LogP contribution in [0, 0.1) is 6.92 Å². The maximum atomic E-state index is 12.6. The molecule has 1 fully saturated rings. The summed E-state index contributed by atoms with van der Waals surface area (Å²) in [7, 11) is 0. The second-order valence-electron chi connectivity index (χ2n) is 5.64. The number of rotatable bonds is 2. The molecule has 120 valence electrons. The van der Waals surface area contributed by atoms with Gasteiger partial charge in [0.15, 0.2) is 0 Å². The number of hydrogen-bond donors (Lipinski definition) is 1. The minimum atomic E-state index is -0.0157. The highest BCUT2D eigenvalue weighted by Gasteiger charge is 2.26. The fourth-order valence-electron chi connectivity index (χ4n) is 2.71. The van der Waals surface area contributed by atoms with Crippen molar-refractivity contribution in [3.05, 3.63) is 51.7 Å². The number of thiophene rings is 1. The van der Waals surface area contributed by atoms with Crippen LogP contribution in [0.1, 0.15) is 25.6 Å². The first-order chi connectivity index (χ1) is 11.1. The van der Waals surface area contributed by atoms with E-state index in [0.717, 1.165) is 10.4 Å². The molecule has 2 aromatic rings. The van der Waals surface area contributed by atoms with E-state index in [2.05, 4.69) is 0 Å². The summed E-state index contributed by atoms with van der Waals surface area (Å²) >= 11 is 1.45. The number of amides is 2. The summed E-state index contributed by atoms with van der Waals surface area (Å²) in [5, 5.41) is 1.90. The van der Waals surface area contributed by atoms with E-state index in [4.69, 9.17) is 5.73 Å². The number of nitrogen functional groups attached to an aromatic ring is 1. The van der Waals surface area contributed by atoms with Crippen LogP contribution in [0.15, 0.2) is 35.7 Å². The molecule has 2 N–H and O–H groups in total. The van der Waals surface area contributed by atoms with Gasteiger partial charge in [0.05, 0.1) is 4.88 Å². The van der Waals surface area contributed by atoms with Crippen molar-refractivity contribution in [2.45, 2.75) is 6.92 Å². The molecule has 0 unspecified atom stereocenters. The van der Waals surface area contributed by atoms with E-state index in [9.17, 15) is 9.59 Å². The van der Waals surface area contributed by atoms with E-state index in [1.165, 1.54) is 11.3 Å². The molecule has 0 aliphatic carbocycles. The number of nitrogens with zero attached hydrogens (tertiary/aromatic N) is 2. The van der Waals surface area contributed by atoms with Crippen molar-refractivity contribution >= 4 is 28.8 Å². The molecule has 3 rings (SSSR count). The summed E-state index contributed by atoms with van der Waals surface area (Å²) in [5.74, 6) is 0.0326. The van der Waals surface area contributed by atoms with Gasteiger partial charge in [0.25, 0.3) is 11.8 Å². The van der Waals surface area contributed by atoms with Crippen LogP contribution in [-0.4, -0.2) is 47.8 Å². The van der Waals surface area contributed by atoms with Gasteiger partial charge in [0.1, 0.15) is 0 Å². The van der Waals surface area contributed by atoms with Crippen molar-refractivity contribution < 1.29 is 9.59 Å². The maximum Gasteiger partial charge on any atom is 0.264 e. The summed E-state index contributed by atoms with van der Waals surface area (Å²) in [6, 6.07) is 9.09. The van der Waals surface area contributed by atoms with E-state index < -0.39 is 0 Å². The van der Waals surface area contributed by atoms with Crippen molar-refractivity contribution in [1.29, 1.82) is 0 Å². The van der Waals surface area contributed by atoms with Gasteiger partial charge in [-0.05, 0) is 36.1 Å². The first-order valence-electron chi connectivity index (χ1n) is 7.54. The van der Waals surface area contributed by atoms with E-state index in [0.29, 0.717) is 37.4 Å². The van der Waals surface area contributed by atoms with Gasteiger partial charge >= 0.3 is 0 Å². The zero-order valence-electron chi connectivity index (χ0n) is 13.0. The summed E-state index contributed by atoms with van der Waals surface area (Å²) in [4.78, 5) is 29.3. The van der Waals surface area contributed by atoms with E-state index >= 15 is 0 Å². The molecule has 2 heterocycles. The molecule has 0 radical (unpaired) electrons. The second kappa shape index (κ2) is 6.42. The third-order valence-corrected chi connectivity index (χ3v) is 4.94. The number of hydrogen-bond acceptors (Lipinski definition) is 4. The number of piperazine rings is 1. The summed E-state index contributed by atoms with van der Waals surface area (Å²) < 4.78 is 0. The summed E-state index contributed by atoms with van der Waals surface area (Å²) in [6.45, 7) is 4.12. The van der Waals surface area contributed by atoms with Crippen molar-refractivity contribution in [3.8, 4) is 0 Å². The Morgan fingerprint density at radius 3 is 2.30 bits per heavy atom. The molecule has 1 aliphatic heterocycles. The zero-order valence-corrected chi connectivity index (χ0v) is 13.8. The predicted octanol–water partition coefficient (Wildman–Crippen LogP) is 2.24. The smallest absolute Gasteiger partial charge is 0.264 e.